The van der Waals surface area contributed by atoms with Gasteiger partial charge in [-0.3, -0.25) is 4.99 Å². The van der Waals surface area contributed by atoms with Gasteiger partial charge in [0.05, 0.1) is 6.10 Å². The highest BCUT2D eigenvalue weighted by Crippen LogP contribution is 2.35. The van der Waals surface area contributed by atoms with E-state index >= 15 is 0 Å². The van der Waals surface area contributed by atoms with Gasteiger partial charge in [-0.05, 0) is 0 Å². The lowest BCUT2D eigenvalue weighted by molar-refractivity contribution is -0.276. The average Bonchev–Trinajstić information content (AvgIpc) is 2.34. The molecule has 6 nitrogen and oxygen atoms in total. The van der Waals surface area contributed by atoms with Crippen molar-refractivity contribution < 1.29 is 32.9 Å². The predicted octanol–water partition coefficient (Wildman–Crippen LogP) is 0.0782. The normalized spacial score (nSPS) is 34.0. The van der Waals surface area contributed by atoms with Crippen molar-refractivity contribution in [2.45, 2.75) is 42.4 Å². The number of nitrogens with zero attached hydrogens (tertiary/aromatic N) is 1. The monoisotopic (exact) mass is 318 g/mol. The van der Waals surface area contributed by atoms with Gasteiger partial charge >= 0.3 is 6.18 Å². The third-order valence-electron chi connectivity index (χ3n) is 2.82. The van der Waals surface area contributed by atoms with Crippen LogP contribution in [0.4, 0.5) is 13.2 Å². The van der Waals surface area contributed by atoms with Gasteiger partial charge < -0.3 is 25.4 Å². The lowest BCUT2D eigenvalue weighted by atomic mass is 9.97. The van der Waals surface area contributed by atoms with Gasteiger partial charge in [-0.1, -0.05) is 11.8 Å². The van der Waals surface area contributed by atoms with E-state index < -0.39 is 36.0 Å². The summed E-state index contributed by atoms with van der Waals surface area (Å²) in [4.78, 5) is 3.65. The highest BCUT2D eigenvalue weighted by Gasteiger charge is 2.52. The maximum Gasteiger partial charge on any atom is 0.417 e. The molecular weight excluding hydrogens is 301 g/mol. The van der Waals surface area contributed by atoms with Crippen LogP contribution in [0.25, 0.3) is 0 Å². The summed E-state index contributed by atoms with van der Waals surface area (Å²) in [6.45, 7) is 0. The molecule has 0 aromatic heterocycles. The first kappa shape index (κ1) is 17.5. The summed E-state index contributed by atoms with van der Waals surface area (Å²) in [5.41, 5.74) is 4.61. The van der Waals surface area contributed by atoms with Crippen LogP contribution in [0.3, 0.4) is 0 Å². The molecule has 0 aromatic carbocycles. The van der Waals surface area contributed by atoms with E-state index in [1.807, 2.05) is 0 Å². The maximum atomic E-state index is 12.8. The van der Waals surface area contributed by atoms with Crippen molar-refractivity contribution in [2.75, 3.05) is 14.2 Å². The van der Waals surface area contributed by atoms with E-state index in [1.54, 1.807) is 0 Å². The van der Waals surface area contributed by atoms with Gasteiger partial charge in [-0.25, -0.2) is 0 Å². The zero-order chi connectivity index (χ0) is 15.5. The van der Waals surface area contributed by atoms with Crippen molar-refractivity contribution in [2.24, 2.45) is 10.7 Å². The van der Waals surface area contributed by atoms with Crippen LogP contribution in [0.5, 0.6) is 0 Å². The van der Waals surface area contributed by atoms with Crippen LogP contribution in [-0.4, -0.2) is 65.6 Å². The van der Waals surface area contributed by atoms with E-state index in [9.17, 15) is 23.4 Å². The molecule has 0 radical (unpaired) electrons. The average molecular weight is 318 g/mol. The van der Waals surface area contributed by atoms with Crippen molar-refractivity contribution >= 4 is 16.9 Å². The highest BCUT2D eigenvalue weighted by molar-refractivity contribution is 8.14. The quantitative estimate of drug-likeness (QED) is 0.504. The number of amidine groups is 1. The molecule has 1 heterocycles. The number of hydrogen-bond donors (Lipinski definition) is 3. The van der Waals surface area contributed by atoms with Crippen LogP contribution in [0.15, 0.2) is 4.99 Å². The number of aliphatic imine (C=N–C) groups is 1. The molecule has 1 aliphatic heterocycles. The Bertz CT molecular complexity index is 356. The highest BCUT2D eigenvalue weighted by atomic mass is 32.2. The Morgan fingerprint density at radius 2 is 2.10 bits per heavy atom. The molecule has 0 saturated carbocycles. The predicted molar refractivity (Wildman–Crippen MR) is 67.3 cm³/mol. The number of methoxy groups -OCH3 is 1. The Kier molecular flexibility index (Phi) is 6.07. The number of hydrogen-bond acceptors (Lipinski definition) is 6. The SMILES string of the molecule is CN=C(N)S[C@@H]1C[C@@H](O)[C@H](O)[C@@H]([C@H](OC)C(F)(F)F)O1. The van der Waals surface area contributed by atoms with Crippen LogP contribution in [-0.2, 0) is 9.47 Å². The van der Waals surface area contributed by atoms with E-state index in [0.717, 1.165) is 18.9 Å². The molecule has 0 aromatic rings. The largest absolute Gasteiger partial charge is 0.417 e. The Morgan fingerprint density at radius 3 is 2.55 bits per heavy atom. The number of rotatable bonds is 3. The fraction of sp³-hybridized carbons (Fsp3) is 0.900. The molecule has 0 unspecified atom stereocenters. The number of thioether (sulfide) groups is 1. The summed E-state index contributed by atoms with van der Waals surface area (Å²) in [7, 11) is 2.28. The van der Waals surface area contributed by atoms with Gasteiger partial charge in [0.1, 0.15) is 17.6 Å². The molecule has 118 valence electrons. The molecule has 10 heteroatoms. The second kappa shape index (κ2) is 6.94. The number of halogens is 3. The van der Waals surface area contributed by atoms with Gasteiger partial charge in [-0.2, -0.15) is 13.2 Å². The minimum atomic E-state index is -4.73. The molecule has 20 heavy (non-hydrogen) atoms. The second-order valence-corrected chi connectivity index (χ2v) is 5.38. The first-order valence-electron chi connectivity index (χ1n) is 5.70. The van der Waals surface area contributed by atoms with Crippen molar-refractivity contribution in [3.63, 3.8) is 0 Å². The van der Waals surface area contributed by atoms with Gasteiger partial charge in [0.15, 0.2) is 11.3 Å². The first-order chi connectivity index (χ1) is 9.20. The standard InChI is InChI=1S/C10H17F3N2O4S/c1-15-9(14)20-5-3-4(16)6(17)7(19-5)8(18-2)10(11,12)13/h4-8,16-17H,3H2,1-2H3,(H2,14,15)/t4-,5-,6+,7+,8+/m1/s1. The van der Waals surface area contributed by atoms with E-state index in [4.69, 9.17) is 10.5 Å². The van der Waals surface area contributed by atoms with Crippen molar-refractivity contribution in [3.05, 3.63) is 0 Å². The van der Waals surface area contributed by atoms with Gasteiger partial charge in [0.2, 0.25) is 0 Å². The lowest BCUT2D eigenvalue weighted by Gasteiger charge is -2.40. The van der Waals surface area contributed by atoms with E-state index in [0.29, 0.717) is 0 Å². The van der Waals surface area contributed by atoms with Crippen molar-refractivity contribution in [3.8, 4) is 0 Å². The summed E-state index contributed by atoms with van der Waals surface area (Å²) < 4.78 is 48.0. The van der Waals surface area contributed by atoms with Crippen LogP contribution in [0, 0.1) is 0 Å². The number of ether oxygens (including phenoxy) is 2. The molecule has 5 atom stereocenters. The molecule has 1 fully saturated rings. The van der Waals surface area contributed by atoms with Crippen LogP contribution in [0.1, 0.15) is 6.42 Å². The number of aliphatic hydroxyl groups excluding tert-OH is 2. The third kappa shape index (κ3) is 4.22. The Labute approximate surface area is 118 Å². The number of aliphatic hydroxyl groups is 2. The van der Waals surface area contributed by atoms with Crippen LogP contribution < -0.4 is 5.73 Å². The van der Waals surface area contributed by atoms with E-state index in [2.05, 4.69) is 9.73 Å². The molecule has 0 spiro atoms. The van der Waals surface area contributed by atoms with Crippen LogP contribution >= 0.6 is 11.8 Å². The van der Waals surface area contributed by atoms with E-state index in [1.165, 1.54) is 7.05 Å². The van der Waals surface area contributed by atoms with E-state index in [-0.39, 0.29) is 11.6 Å². The molecular formula is C10H17F3N2O4S. The fourth-order valence-corrected chi connectivity index (χ4v) is 2.69. The number of nitrogens with two attached hydrogens (primary N) is 1. The summed E-state index contributed by atoms with van der Waals surface area (Å²) in [5.74, 6) is 0. The first-order valence-corrected chi connectivity index (χ1v) is 6.58. The topological polar surface area (TPSA) is 97.3 Å². The summed E-state index contributed by atoms with van der Waals surface area (Å²) in [5, 5.41) is 19.5. The molecule has 0 amide bonds. The minimum Gasteiger partial charge on any atom is -0.390 e. The zero-order valence-electron chi connectivity index (χ0n) is 10.9. The van der Waals surface area contributed by atoms with Crippen molar-refractivity contribution in [1.82, 2.24) is 0 Å². The van der Waals surface area contributed by atoms with Crippen molar-refractivity contribution in [1.29, 1.82) is 0 Å². The zero-order valence-corrected chi connectivity index (χ0v) is 11.7. The summed E-state index contributed by atoms with van der Waals surface area (Å²) in [6, 6.07) is 0. The van der Waals surface area contributed by atoms with Gasteiger partial charge in [0.25, 0.3) is 0 Å². The lowest BCUT2D eigenvalue weighted by Crippen LogP contribution is -2.57. The van der Waals surface area contributed by atoms with Gasteiger partial charge in [0, 0.05) is 20.6 Å². The Hall–Kier alpha value is -0.550. The fourth-order valence-electron chi connectivity index (χ4n) is 1.83. The number of alkyl halides is 3. The maximum absolute atomic E-state index is 12.8. The molecule has 1 rings (SSSR count). The molecule has 1 aliphatic rings. The second-order valence-electron chi connectivity index (χ2n) is 4.20. The molecule has 0 aliphatic carbocycles. The smallest absolute Gasteiger partial charge is 0.390 e. The molecule has 1 saturated heterocycles. The Balaban J connectivity index is 2.87. The summed E-state index contributed by atoms with van der Waals surface area (Å²) >= 11 is 0.880. The third-order valence-corrected chi connectivity index (χ3v) is 3.81. The Morgan fingerprint density at radius 1 is 1.50 bits per heavy atom. The minimum absolute atomic E-state index is 0.0627. The molecule has 4 N–H and O–H groups in total. The van der Waals surface area contributed by atoms with Gasteiger partial charge in [-0.15, -0.1) is 0 Å². The van der Waals surface area contributed by atoms with Crippen LogP contribution in [0.2, 0.25) is 0 Å². The summed E-state index contributed by atoms with van der Waals surface area (Å²) in [6.07, 6.45) is -11.9. The molecule has 0 bridgehead atoms.